The summed E-state index contributed by atoms with van der Waals surface area (Å²) in [5.74, 6) is 2.26. The smallest absolute Gasteiger partial charge is 0.137 e. The number of nitrogens with zero attached hydrogens (tertiary/aromatic N) is 2. The van der Waals surface area contributed by atoms with Crippen LogP contribution in [0.1, 0.15) is 29.9 Å². The van der Waals surface area contributed by atoms with Crippen LogP contribution in [0, 0.1) is 6.92 Å². The lowest BCUT2D eigenvalue weighted by atomic mass is 9.92. The topological polar surface area (TPSA) is 54.4 Å². The minimum atomic E-state index is 0.579. The largest absolute Gasteiger partial charge is 0.457 e. The van der Waals surface area contributed by atoms with Crippen molar-refractivity contribution < 1.29 is 4.74 Å². The highest BCUT2D eigenvalue weighted by Gasteiger charge is 2.20. The van der Waals surface area contributed by atoms with Gasteiger partial charge in [0.2, 0.25) is 0 Å². The van der Waals surface area contributed by atoms with Gasteiger partial charge in [-0.1, -0.05) is 17.7 Å². The fraction of sp³-hybridized carbons (Fsp3) is 0.261. The summed E-state index contributed by atoms with van der Waals surface area (Å²) < 4.78 is 7.89. The van der Waals surface area contributed by atoms with Crippen LogP contribution < -0.4 is 10.1 Å². The highest BCUT2D eigenvalue weighted by atomic mass is 16.5. The Hall–Kier alpha value is -3.05. The molecule has 1 aliphatic heterocycles. The highest BCUT2D eigenvalue weighted by molar-refractivity contribution is 5.65. The Morgan fingerprint density at radius 1 is 0.964 bits per heavy atom. The zero-order valence-corrected chi connectivity index (χ0v) is 16.0. The first-order chi connectivity index (χ1) is 13.8. The molecule has 2 aromatic carbocycles. The molecule has 2 N–H and O–H groups in total. The van der Waals surface area contributed by atoms with Gasteiger partial charge in [-0.3, -0.25) is 0 Å². The molecule has 0 saturated carbocycles. The van der Waals surface area contributed by atoms with Gasteiger partial charge in [0.15, 0.2) is 0 Å². The minimum Gasteiger partial charge on any atom is -0.457 e. The number of aryl methyl sites for hydroxylation is 1. The van der Waals surface area contributed by atoms with Gasteiger partial charge in [0.05, 0.1) is 18.1 Å². The molecule has 5 heteroatoms. The molecule has 0 unspecified atom stereocenters. The molecule has 0 aliphatic carbocycles. The Balaban J connectivity index is 1.37. The molecule has 1 fully saturated rings. The van der Waals surface area contributed by atoms with Crippen LogP contribution in [0.15, 0.2) is 60.9 Å². The zero-order chi connectivity index (χ0) is 18.9. The van der Waals surface area contributed by atoms with E-state index in [4.69, 9.17) is 4.74 Å². The number of H-pyrrole nitrogens is 1. The summed E-state index contributed by atoms with van der Waals surface area (Å²) in [6, 6.07) is 16.3. The molecule has 1 aliphatic rings. The SMILES string of the molecule is Cc1ccc(Oc2ccc(-c3cn4ncc(C5CCNCC5)c4[nH]3)cc2)cc1. The van der Waals surface area contributed by atoms with Crippen molar-refractivity contribution in [2.24, 2.45) is 0 Å². The van der Waals surface area contributed by atoms with Crippen molar-refractivity contribution in [1.82, 2.24) is 19.9 Å². The molecule has 142 valence electrons. The van der Waals surface area contributed by atoms with Crippen molar-refractivity contribution in [3.05, 3.63) is 72.1 Å². The fourth-order valence-corrected chi connectivity index (χ4v) is 3.91. The molecular weight excluding hydrogens is 348 g/mol. The van der Waals surface area contributed by atoms with Crippen LogP contribution in [-0.4, -0.2) is 27.7 Å². The van der Waals surface area contributed by atoms with Gasteiger partial charge in [-0.25, -0.2) is 4.52 Å². The van der Waals surface area contributed by atoms with E-state index in [0.29, 0.717) is 5.92 Å². The predicted molar refractivity (Wildman–Crippen MR) is 111 cm³/mol. The molecule has 5 nitrogen and oxygen atoms in total. The third-order valence-electron chi connectivity index (χ3n) is 5.53. The fourth-order valence-electron chi connectivity index (χ4n) is 3.91. The van der Waals surface area contributed by atoms with Crippen LogP contribution in [0.25, 0.3) is 16.9 Å². The molecule has 0 atom stereocenters. The Labute approximate surface area is 164 Å². The van der Waals surface area contributed by atoms with Crippen molar-refractivity contribution in [2.45, 2.75) is 25.7 Å². The number of fused-ring (bicyclic) bond motifs is 1. The average Bonchev–Trinajstić information content (AvgIpc) is 3.32. The molecule has 0 amide bonds. The molecule has 1 saturated heterocycles. The Morgan fingerprint density at radius 3 is 2.36 bits per heavy atom. The Morgan fingerprint density at radius 2 is 1.64 bits per heavy atom. The molecule has 3 heterocycles. The van der Waals surface area contributed by atoms with E-state index in [0.717, 1.165) is 41.5 Å². The lowest BCUT2D eigenvalue weighted by Gasteiger charge is -2.21. The highest BCUT2D eigenvalue weighted by Crippen LogP contribution is 2.31. The molecule has 0 radical (unpaired) electrons. The maximum Gasteiger partial charge on any atom is 0.137 e. The summed E-state index contributed by atoms with van der Waals surface area (Å²) in [6.45, 7) is 4.23. The lowest BCUT2D eigenvalue weighted by Crippen LogP contribution is -2.26. The van der Waals surface area contributed by atoms with E-state index < -0.39 is 0 Å². The quantitative estimate of drug-likeness (QED) is 0.536. The van der Waals surface area contributed by atoms with Crippen molar-refractivity contribution in [3.63, 3.8) is 0 Å². The number of hydrogen-bond donors (Lipinski definition) is 2. The standard InChI is InChI=1S/C23H24N4O/c1-16-2-6-19(7-3-16)28-20-8-4-18(5-9-20)22-15-27-23(26-22)21(14-25-27)17-10-12-24-13-11-17/h2-9,14-15,17,24,26H,10-13H2,1H3. The Kier molecular flexibility index (Phi) is 4.37. The van der Waals surface area contributed by atoms with E-state index >= 15 is 0 Å². The summed E-state index contributed by atoms with van der Waals surface area (Å²) in [5, 5.41) is 7.99. The van der Waals surface area contributed by atoms with Gasteiger partial charge < -0.3 is 15.0 Å². The normalized spacial score (nSPS) is 15.2. The van der Waals surface area contributed by atoms with Crippen LogP contribution in [-0.2, 0) is 0 Å². The van der Waals surface area contributed by atoms with Crippen molar-refractivity contribution >= 4 is 5.65 Å². The van der Waals surface area contributed by atoms with E-state index in [2.05, 4.69) is 52.8 Å². The number of piperidine rings is 1. The molecule has 0 spiro atoms. The van der Waals surface area contributed by atoms with Gasteiger partial charge in [-0.05, 0) is 80.7 Å². The van der Waals surface area contributed by atoms with Gasteiger partial charge in [0.25, 0.3) is 0 Å². The molecule has 5 rings (SSSR count). The lowest BCUT2D eigenvalue weighted by molar-refractivity contribution is 0.462. The number of nitrogens with one attached hydrogen (secondary N) is 2. The predicted octanol–water partition coefficient (Wildman–Crippen LogP) is 4.90. The third kappa shape index (κ3) is 3.29. The number of imidazole rings is 1. The second kappa shape index (κ2) is 7.17. The molecule has 28 heavy (non-hydrogen) atoms. The van der Waals surface area contributed by atoms with E-state index in [1.54, 1.807) is 0 Å². The van der Waals surface area contributed by atoms with E-state index in [1.807, 2.05) is 35.0 Å². The first kappa shape index (κ1) is 17.1. The van der Waals surface area contributed by atoms with Crippen LogP contribution in [0.4, 0.5) is 0 Å². The summed E-state index contributed by atoms with van der Waals surface area (Å²) in [7, 11) is 0. The van der Waals surface area contributed by atoms with Crippen LogP contribution >= 0.6 is 0 Å². The number of ether oxygens (including phenoxy) is 1. The monoisotopic (exact) mass is 372 g/mol. The van der Waals surface area contributed by atoms with Crippen molar-refractivity contribution in [2.75, 3.05) is 13.1 Å². The Bertz CT molecular complexity index is 1070. The summed E-state index contributed by atoms with van der Waals surface area (Å²) in [6.07, 6.45) is 6.42. The first-order valence-electron chi connectivity index (χ1n) is 9.88. The number of aromatic nitrogens is 3. The zero-order valence-electron chi connectivity index (χ0n) is 16.0. The average molecular weight is 372 g/mol. The maximum atomic E-state index is 5.93. The second-order valence-corrected chi connectivity index (χ2v) is 7.52. The number of hydrogen-bond acceptors (Lipinski definition) is 3. The summed E-state index contributed by atoms with van der Waals surface area (Å²) in [4.78, 5) is 3.57. The molecule has 0 bridgehead atoms. The van der Waals surface area contributed by atoms with E-state index in [9.17, 15) is 0 Å². The van der Waals surface area contributed by atoms with Gasteiger partial charge in [-0.15, -0.1) is 0 Å². The number of aromatic amines is 1. The molecule has 4 aromatic rings. The van der Waals surface area contributed by atoms with Crippen LogP contribution in [0.5, 0.6) is 11.5 Å². The second-order valence-electron chi connectivity index (χ2n) is 7.52. The molecular formula is C23H24N4O. The van der Waals surface area contributed by atoms with Gasteiger partial charge in [0, 0.05) is 5.56 Å². The third-order valence-corrected chi connectivity index (χ3v) is 5.53. The first-order valence-corrected chi connectivity index (χ1v) is 9.88. The van der Waals surface area contributed by atoms with E-state index in [1.165, 1.54) is 24.0 Å². The van der Waals surface area contributed by atoms with Crippen molar-refractivity contribution in [1.29, 1.82) is 0 Å². The van der Waals surface area contributed by atoms with Crippen LogP contribution in [0.3, 0.4) is 0 Å². The van der Waals surface area contributed by atoms with Gasteiger partial charge in [-0.2, -0.15) is 5.10 Å². The minimum absolute atomic E-state index is 0.579. The number of rotatable bonds is 4. The van der Waals surface area contributed by atoms with E-state index in [-0.39, 0.29) is 0 Å². The van der Waals surface area contributed by atoms with Crippen molar-refractivity contribution in [3.8, 4) is 22.8 Å². The maximum absolute atomic E-state index is 5.93. The van der Waals surface area contributed by atoms with Gasteiger partial charge in [0.1, 0.15) is 17.1 Å². The molecule has 2 aromatic heterocycles. The number of benzene rings is 2. The van der Waals surface area contributed by atoms with Crippen LogP contribution in [0.2, 0.25) is 0 Å². The van der Waals surface area contributed by atoms with Gasteiger partial charge >= 0.3 is 0 Å². The summed E-state index contributed by atoms with van der Waals surface area (Å²) in [5.41, 5.74) is 5.86. The summed E-state index contributed by atoms with van der Waals surface area (Å²) >= 11 is 0.